The summed E-state index contributed by atoms with van der Waals surface area (Å²) in [5, 5.41) is 10.3. The fourth-order valence-electron chi connectivity index (χ4n) is 2.96. The van der Waals surface area contributed by atoms with Gasteiger partial charge in [-0.3, -0.25) is 4.79 Å². The molecular formula is C17H19ClFN3O2. The lowest BCUT2D eigenvalue weighted by atomic mass is 9.94. The van der Waals surface area contributed by atoms with Crippen LogP contribution < -0.4 is 10.6 Å². The zero-order valence-electron chi connectivity index (χ0n) is 13.5. The van der Waals surface area contributed by atoms with Crippen LogP contribution in [0.4, 0.5) is 4.39 Å². The molecule has 1 aromatic heterocycles. The molecule has 0 spiro atoms. The maximum absolute atomic E-state index is 14.2. The van der Waals surface area contributed by atoms with Crippen LogP contribution in [0, 0.1) is 18.7 Å². The largest absolute Gasteiger partial charge is 0.360 e. The number of piperidine rings is 1. The van der Waals surface area contributed by atoms with E-state index in [1.54, 1.807) is 13.0 Å². The molecule has 1 aliphatic rings. The third kappa shape index (κ3) is 3.16. The van der Waals surface area contributed by atoms with Gasteiger partial charge in [-0.1, -0.05) is 29.7 Å². The number of rotatable bonds is 3. The molecule has 1 aromatic carbocycles. The van der Waals surface area contributed by atoms with Crippen molar-refractivity contribution >= 4 is 17.5 Å². The van der Waals surface area contributed by atoms with E-state index in [1.807, 2.05) is 0 Å². The van der Waals surface area contributed by atoms with Gasteiger partial charge in [0.2, 0.25) is 0 Å². The lowest BCUT2D eigenvalue weighted by Crippen LogP contribution is -2.50. The molecule has 2 heterocycles. The molecule has 1 saturated heterocycles. The van der Waals surface area contributed by atoms with Gasteiger partial charge in [-0.2, -0.15) is 0 Å². The maximum Gasteiger partial charge on any atom is 0.257 e. The highest BCUT2D eigenvalue weighted by molar-refractivity contribution is 6.33. The number of carbonyl (C=O) groups excluding carboxylic acids is 1. The molecule has 2 aromatic rings. The van der Waals surface area contributed by atoms with Crippen molar-refractivity contribution < 1.29 is 13.7 Å². The Bertz CT molecular complexity index is 742. The van der Waals surface area contributed by atoms with Gasteiger partial charge in [0.15, 0.2) is 0 Å². The van der Waals surface area contributed by atoms with Crippen LogP contribution in [0.3, 0.4) is 0 Å². The van der Waals surface area contributed by atoms with Crippen molar-refractivity contribution in [2.75, 3.05) is 13.1 Å². The summed E-state index contributed by atoms with van der Waals surface area (Å²) in [6.45, 7) is 5.37. The number of nitrogens with zero attached hydrogens (tertiary/aromatic N) is 1. The SMILES string of the molecule is Cc1onc(-c2c(F)cccc2Cl)c1C(=O)NC1CNCCC1C. The summed E-state index contributed by atoms with van der Waals surface area (Å²) in [6.07, 6.45) is 0.986. The first-order chi connectivity index (χ1) is 11.5. The van der Waals surface area contributed by atoms with E-state index < -0.39 is 5.82 Å². The zero-order chi connectivity index (χ0) is 17.3. The van der Waals surface area contributed by atoms with Crippen LogP contribution in [0.2, 0.25) is 5.02 Å². The molecule has 1 fully saturated rings. The Hall–Kier alpha value is -1.92. The average Bonchev–Trinajstić information content (AvgIpc) is 2.91. The summed E-state index contributed by atoms with van der Waals surface area (Å²) >= 11 is 6.10. The first kappa shape index (κ1) is 16.9. The Morgan fingerprint density at radius 2 is 2.29 bits per heavy atom. The third-order valence-electron chi connectivity index (χ3n) is 4.43. The van der Waals surface area contributed by atoms with Crippen molar-refractivity contribution in [3.8, 4) is 11.3 Å². The molecule has 3 rings (SSSR count). The van der Waals surface area contributed by atoms with Crippen molar-refractivity contribution in [3.05, 3.63) is 40.4 Å². The van der Waals surface area contributed by atoms with Crippen LogP contribution in [0.15, 0.2) is 22.7 Å². The molecule has 1 amide bonds. The number of aryl methyl sites for hydroxylation is 1. The van der Waals surface area contributed by atoms with Crippen LogP contribution in [-0.2, 0) is 0 Å². The molecule has 2 N–H and O–H groups in total. The van der Waals surface area contributed by atoms with Gasteiger partial charge in [-0.05, 0) is 37.9 Å². The molecule has 2 atom stereocenters. The minimum Gasteiger partial charge on any atom is -0.360 e. The van der Waals surface area contributed by atoms with E-state index in [0.29, 0.717) is 18.2 Å². The predicted octanol–water partition coefficient (Wildman–Crippen LogP) is 3.17. The second kappa shape index (κ2) is 6.91. The lowest BCUT2D eigenvalue weighted by molar-refractivity contribution is 0.0914. The molecule has 0 radical (unpaired) electrons. The summed E-state index contributed by atoms with van der Waals surface area (Å²) < 4.78 is 19.3. The van der Waals surface area contributed by atoms with Gasteiger partial charge in [0.1, 0.15) is 22.8 Å². The molecule has 128 valence electrons. The van der Waals surface area contributed by atoms with E-state index in [2.05, 4.69) is 22.7 Å². The van der Waals surface area contributed by atoms with Crippen LogP contribution >= 0.6 is 11.6 Å². The lowest BCUT2D eigenvalue weighted by Gasteiger charge is -2.30. The highest BCUT2D eigenvalue weighted by Gasteiger charge is 2.29. The van der Waals surface area contributed by atoms with E-state index in [1.165, 1.54) is 12.1 Å². The van der Waals surface area contributed by atoms with E-state index in [-0.39, 0.29) is 33.8 Å². The molecule has 0 bridgehead atoms. The number of halogens is 2. The summed E-state index contributed by atoms with van der Waals surface area (Å²) in [6, 6.07) is 4.34. The quantitative estimate of drug-likeness (QED) is 0.891. The maximum atomic E-state index is 14.2. The predicted molar refractivity (Wildman–Crippen MR) is 89.5 cm³/mol. The number of benzene rings is 1. The molecule has 5 nitrogen and oxygen atoms in total. The highest BCUT2D eigenvalue weighted by Crippen LogP contribution is 2.33. The van der Waals surface area contributed by atoms with Crippen molar-refractivity contribution in [2.45, 2.75) is 26.3 Å². The van der Waals surface area contributed by atoms with Crippen LogP contribution in [-0.4, -0.2) is 30.2 Å². The first-order valence-electron chi connectivity index (χ1n) is 7.91. The van der Waals surface area contributed by atoms with E-state index >= 15 is 0 Å². The highest BCUT2D eigenvalue weighted by atomic mass is 35.5. The molecular weight excluding hydrogens is 333 g/mol. The van der Waals surface area contributed by atoms with E-state index in [0.717, 1.165) is 13.0 Å². The topological polar surface area (TPSA) is 67.2 Å². The van der Waals surface area contributed by atoms with Gasteiger partial charge in [-0.25, -0.2) is 4.39 Å². The summed E-state index contributed by atoms with van der Waals surface area (Å²) in [4.78, 5) is 12.8. The number of carbonyl (C=O) groups is 1. The van der Waals surface area contributed by atoms with Gasteiger partial charge in [-0.15, -0.1) is 0 Å². The molecule has 0 saturated carbocycles. The number of hydrogen-bond acceptors (Lipinski definition) is 4. The van der Waals surface area contributed by atoms with E-state index in [4.69, 9.17) is 16.1 Å². The summed E-state index contributed by atoms with van der Waals surface area (Å²) in [5.41, 5.74) is 0.431. The normalized spacial score (nSPS) is 20.8. The molecule has 24 heavy (non-hydrogen) atoms. The molecule has 7 heteroatoms. The van der Waals surface area contributed by atoms with Gasteiger partial charge < -0.3 is 15.2 Å². The van der Waals surface area contributed by atoms with Gasteiger partial charge in [0, 0.05) is 12.6 Å². The minimum atomic E-state index is -0.544. The first-order valence-corrected chi connectivity index (χ1v) is 8.29. The standard InChI is InChI=1S/C17H19ClFN3O2/c1-9-6-7-20-8-13(9)21-17(23)14-10(2)24-22-16(14)15-11(18)4-3-5-12(15)19/h3-5,9,13,20H,6-8H2,1-2H3,(H,21,23). The Balaban J connectivity index is 1.94. The number of hydrogen-bond donors (Lipinski definition) is 2. The van der Waals surface area contributed by atoms with Crippen LogP contribution in [0.1, 0.15) is 29.5 Å². The van der Waals surface area contributed by atoms with Crippen LogP contribution in [0.25, 0.3) is 11.3 Å². The molecule has 1 aliphatic heterocycles. The Kier molecular flexibility index (Phi) is 4.87. The number of nitrogens with one attached hydrogen (secondary N) is 2. The third-order valence-corrected chi connectivity index (χ3v) is 4.75. The average molecular weight is 352 g/mol. The number of amides is 1. The Morgan fingerprint density at radius 3 is 3.00 bits per heavy atom. The Morgan fingerprint density at radius 1 is 1.50 bits per heavy atom. The second-order valence-corrected chi connectivity index (χ2v) is 6.52. The monoisotopic (exact) mass is 351 g/mol. The minimum absolute atomic E-state index is 0.00416. The van der Waals surface area contributed by atoms with Gasteiger partial charge in [0.05, 0.1) is 10.6 Å². The molecule has 2 unspecified atom stereocenters. The molecule has 0 aliphatic carbocycles. The second-order valence-electron chi connectivity index (χ2n) is 6.11. The van der Waals surface area contributed by atoms with Gasteiger partial charge in [0.25, 0.3) is 5.91 Å². The fraction of sp³-hybridized carbons (Fsp3) is 0.412. The summed E-state index contributed by atoms with van der Waals surface area (Å²) in [5.74, 6) is -0.185. The number of aromatic nitrogens is 1. The smallest absolute Gasteiger partial charge is 0.257 e. The van der Waals surface area contributed by atoms with Crippen molar-refractivity contribution in [1.29, 1.82) is 0 Å². The van der Waals surface area contributed by atoms with Crippen LogP contribution in [0.5, 0.6) is 0 Å². The fourth-order valence-corrected chi connectivity index (χ4v) is 3.21. The van der Waals surface area contributed by atoms with Crippen molar-refractivity contribution in [1.82, 2.24) is 15.8 Å². The zero-order valence-corrected chi connectivity index (χ0v) is 14.3. The van der Waals surface area contributed by atoms with Gasteiger partial charge >= 0.3 is 0 Å². The summed E-state index contributed by atoms with van der Waals surface area (Å²) in [7, 11) is 0. The van der Waals surface area contributed by atoms with Crippen molar-refractivity contribution in [3.63, 3.8) is 0 Å². The van der Waals surface area contributed by atoms with Crippen molar-refractivity contribution in [2.24, 2.45) is 5.92 Å². The van der Waals surface area contributed by atoms with E-state index in [9.17, 15) is 9.18 Å². The Labute approximate surface area is 144 Å².